The Kier molecular flexibility index (Phi) is 6.30. The average molecular weight is 418 g/mol. The van der Waals surface area contributed by atoms with Gasteiger partial charge in [-0.25, -0.2) is 0 Å². The van der Waals surface area contributed by atoms with Crippen molar-refractivity contribution in [2.75, 3.05) is 7.05 Å². The first-order valence-corrected chi connectivity index (χ1v) is 10.4. The maximum absolute atomic E-state index is 11.9. The third-order valence-electron chi connectivity index (χ3n) is 5.92. The number of nitro benzene ring substituents is 1. The summed E-state index contributed by atoms with van der Waals surface area (Å²) in [6, 6.07) is 22.9. The van der Waals surface area contributed by atoms with Gasteiger partial charge in [0.1, 0.15) is 6.61 Å². The van der Waals surface area contributed by atoms with Crippen LogP contribution in [0, 0.1) is 10.1 Å². The van der Waals surface area contributed by atoms with Gasteiger partial charge >= 0.3 is 5.69 Å². The van der Waals surface area contributed by atoms with Crippen molar-refractivity contribution in [3.63, 3.8) is 0 Å². The summed E-state index contributed by atoms with van der Waals surface area (Å²) < 4.78 is 5.81. The van der Waals surface area contributed by atoms with Gasteiger partial charge in [0, 0.05) is 18.2 Å². The molecule has 0 unspecified atom stereocenters. The molecular formula is C25H26N2O4. The molecule has 0 aromatic heterocycles. The molecule has 0 saturated heterocycles. The van der Waals surface area contributed by atoms with Crippen molar-refractivity contribution in [3.8, 4) is 5.75 Å². The van der Waals surface area contributed by atoms with E-state index in [-0.39, 0.29) is 29.0 Å². The minimum atomic E-state index is -0.792. The van der Waals surface area contributed by atoms with Gasteiger partial charge in [-0.15, -0.1) is 0 Å². The molecule has 0 saturated carbocycles. The molecule has 4 rings (SSSR count). The van der Waals surface area contributed by atoms with Gasteiger partial charge in [0.25, 0.3) is 0 Å². The van der Waals surface area contributed by atoms with Gasteiger partial charge in [-0.05, 0) is 42.6 Å². The number of nitrogens with zero attached hydrogens (tertiary/aromatic N) is 2. The Morgan fingerprint density at radius 3 is 2.32 bits per heavy atom. The highest BCUT2D eigenvalue weighted by atomic mass is 16.6. The fourth-order valence-electron chi connectivity index (χ4n) is 4.33. The summed E-state index contributed by atoms with van der Waals surface area (Å²) in [4.78, 5) is 13.6. The third-order valence-corrected chi connectivity index (χ3v) is 5.92. The van der Waals surface area contributed by atoms with Crippen molar-refractivity contribution in [2.45, 2.75) is 38.1 Å². The number of hydrogen-bond donors (Lipinski definition) is 1. The van der Waals surface area contributed by atoms with Gasteiger partial charge in [0.15, 0.2) is 5.75 Å². The highest BCUT2D eigenvalue weighted by Gasteiger charge is 2.36. The number of aliphatic hydroxyl groups is 1. The highest BCUT2D eigenvalue weighted by molar-refractivity contribution is 5.58. The summed E-state index contributed by atoms with van der Waals surface area (Å²) in [7, 11) is 1.98. The van der Waals surface area contributed by atoms with Crippen LogP contribution in [0.2, 0.25) is 0 Å². The van der Waals surface area contributed by atoms with Crippen molar-refractivity contribution < 1.29 is 14.8 Å². The maximum Gasteiger partial charge on any atom is 0.314 e. The quantitative estimate of drug-likeness (QED) is 0.446. The molecule has 0 radical (unpaired) electrons. The third kappa shape index (κ3) is 4.60. The molecule has 0 aliphatic heterocycles. The van der Waals surface area contributed by atoms with Crippen molar-refractivity contribution >= 4 is 5.69 Å². The van der Waals surface area contributed by atoms with Crippen LogP contribution >= 0.6 is 0 Å². The van der Waals surface area contributed by atoms with Crippen LogP contribution in [0.4, 0.5) is 5.69 Å². The van der Waals surface area contributed by atoms with Crippen LogP contribution in [0.1, 0.15) is 34.8 Å². The lowest BCUT2D eigenvalue weighted by molar-refractivity contribution is -0.386. The number of likely N-dealkylation sites (N-methyl/N-ethyl adjacent to an activating group) is 1. The second-order valence-corrected chi connectivity index (χ2v) is 7.96. The number of hydrogen-bond acceptors (Lipinski definition) is 5. The van der Waals surface area contributed by atoms with Crippen LogP contribution in [-0.4, -0.2) is 28.0 Å². The van der Waals surface area contributed by atoms with Crippen LogP contribution in [0.5, 0.6) is 5.75 Å². The number of benzene rings is 3. The molecule has 0 fully saturated rings. The molecule has 31 heavy (non-hydrogen) atoms. The molecule has 2 atom stereocenters. The Bertz CT molecular complexity index is 1040. The molecule has 6 nitrogen and oxygen atoms in total. The molecule has 0 heterocycles. The summed E-state index contributed by atoms with van der Waals surface area (Å²) in [5.41, 5.74) is 3.27. The normalized spacial score (nSPS) is 17.9. The number of aliphatic hydroxyl groups excluding tert-OH is 1. The summed E-state index contributed by atoms with van der Waals surface area (Å²) >= 11 is 0. The number of ether oxygens (including phenoxy) is 1. The molecule has 3 aromatic carbocycles. The second-order valence-electron chi connectivity index (χ2n) is 7.96. The minimum Gasteiger partial charge on any atom is -0.482 e. The molecule has 1 aliphatic carbocycles. The van der Waals surface area contributed by atoms with E-state index in [1.165, 1.54) is 5.56 Å². The summed E-state index contributed by atoms with van der Waals surface area (Å²) in [6.45, 7) is 0.962. The van der Waals surface area contributed by atoms with E-state index in [0.717, 1.165) is 5.56 Å². The first-order valence-electron chi connectivity index (χ1n) is 10.4. The van der Waals surface area contributed by atoms with E-state index in [0.29, 0.717) is 30.5 Å². The van der Waals surface area contributed by atoms with Crippen molar-refractivity contribution in [3.05, 3.63) is 105 Å². The van der Waals surface area contributed by atoms with Gasteiger partial charge in [0.2, 0.25) is 0 Å². The second kappa shape index (κ2) is 9.29. The lowest BCUT2D eigenvalue weighted by Crippen LogP contribution is -2.39. The fourth-order valence-corrected chi connectivity index (χ4v) is 4.33. The van der Waals surface area contributed by atoms with Crippen LogP contribution < -0.4 is 4.74 Å². The van der Waals surface area contributed by atoms with Gasteiger partial charge in [0.05, 0.1) is 11.0 Å². The van der Waals surface area contributed by atoms with Crippen molar-refractivity contribution in [1.29, 1.82) is 0 Å². The molecule has 0 amide bonds. The monoisotopic (exact) mass is 418 g/mol. The SMILES string of the molecule is CN(Cc1ccccc1)[C@H]1CCc2c(ccc(OCc3ccccc3)c2[N+](=O)[O-])[C@H]1O. The predicted molar refractivity (Wildman–Crippen MR) is 119 cm³/mol. The average Bonchev–Trinajstić information content (AvgIpc) is 2.78. The van der Waals surface area contributed by atoms with Crippen LogP contribution in [0.3, 0.4) is 0 Å². The molecular weight excluding hydrogens is 392 g/mol. The Labute approximate surface area is 181 Å². The number of fused-ring (bicyclic) bond motifs is 1. The zero-order chi connectivity index (χ0) is 21.8. The first-order chi connectivity index (χ1) is 15.0. The minimum absolute atomic E-state index is 0.0309. The molecule has 0 bridgehead atoms. The Hall–Kier alpha value is -3.22. The van der Waals surface area contributed by atoms with Crippen LogP contribution in [-0.2, 0) is 19.6 Å². The van der Waals surface area contributed by atoms with Gasteiger partial charge in [-0.1, -0.05) is 66.7 Å². The number of nitro groups is 1. The van der Waals surface area contributed by atoms with E-state index in [4.69, 9.17) is 4.74 Å². The smallest absolute Gasteiger partial charge is 0.314 e. The van der Waals surface area contributed by atoms with E-state index in [2.05, 4.69) is 17.0 Å². The molecule has 3 aromatic rings. The molecule has 0 spiro atoms. The predicted octanol–water partition coefficient (Wildman–Crippen LogP) is 4.65. The molecule has 1 aliphatic rings. The fraction of sp³-hybridized carbons (Fsp3) is 0.280. The lowest BCUT2D eigenvalue weighted by atomic mass is 9.84. The van der Waals surface area contributed by atoms with E-state index < -0.39 is 6.10 Å². The Balaban J connectivity index is 1.56. The standard InChI is InChI=1S/C25H26N2O4/c1-26(16-18-8-4-2-5-9-18)22-14-12-20-21(25(22)28)13-15-23(24(20)27(29)30)31-17-19-10-6-3-7-11-19/h2-11,13,15,22,25,28H,12,14,16-17H2,1H3/t22-,25+/m0/s1. The van der Waals surface area contributed by atoms with Crippen LogP contribution in [0.25, 0.3) is 0 Å². The van der Waals surface area contributed by atoms with Crippen molar-refractivity contribution in [2.24, 2.45) is 0 Å². The lowest BCUT2D eigenvalue weighted by Gasteiger charge is -2.36. The Morgan fingerprint density at radius 2 is 1.68 bits per heavy atom. The number of rotatable bonds is 7. The van der Waals surface area contributed by atoms with Gasteiger partial charge in [-0.2, -0.15) is 0 Å². The zero-order valence-corrected chi connectivity index (χ0v) is 17.5. The summed E-state index contributed by atoms with van der Waals surface area (Å²) in [5.74, 6) is 0.246. The van der Waals surface area contributed by atoms with Crippen LogP contribution in [0.15, 0.2) is 72.8 Å². The maximum atomic E-state index is 11.9. The first kappa shape index (κ1) is 21.0. The molecule has 1 N–H and O–H groups in total. The highest BCUT2D eigenvalue weighted by Crippen LogP contribution is 2.42. The zero-order valence-electron chi connectivity index (χ0n) is 17.5. The van der Waals surface area contributed by atoms with E-state index >= 15 is 0 Å². The largest absolute Gasteiger partial charge is 0.482 e. The van der Waals surface area contributed by atoms with E-state index in [9.17, 15) is 15.2 Å². The summed E-state index contributed by atoms with van der Waals surface area (Å²) in [6.07, 6.45) is 0.370. The van der Waals surface area contributed by atoms with Crippen molar-refractivity contribution in [1.82, 2.24) is 4.90 Å². The molecule has 6 heteroatoms. The Morgan fingerprint density at radius 1 is 1.03 bits per heavy atom. The van der Waals surface area contributed by atoms with Gasteiger partial charge < -0.3 is 9.84 Å². The van der Waals surface area contributed by atoms with E-state index in [1.807, 2.05) is 55.6 Å². The topological polar surface area (TPSA) is 75.8 Å². The van der Waals surface area contributed by atoms with Gasteiger partial charge in [-0.3, -0.25) is 15.0 Å². The summed E-state index contributed by atoms with van der Waals surface area (Å²) in [5, 5.41) is 23.0. The van der Waals surface area contributed by atoms with E-state index in [1.54, 1.807) is 12.1 Å². The molecule has 160 valence electrons.